The third kappa shape index (κ3) is 4.81. The molecular weight excluding hydrogens is 398 g/mol. The minimum Gasteiger partial charge on any atom is -0.455 e. The van der Waals surface area contributed by atoms with Gasteiger partial charge in [-0.15, -0.1) is 11.6 Å². The first-order valence-electron chi connectivity index (χ1n) is 5.74. The maximum absolute atomic E-state index is 11.0. The fourth-order valence-electron chi connectivity index (χ4n) is 1.89. The van der Waals surface area contributed by atoms with Gasteiger partial charge in [0.1, 0.15) is 0 Å². The number of nitro groups is 2. The molecule has 0 heterocycles. The van der Waals surface area contributed by atoms with E-state index in [9.17, 15) is 25.0 Å². The molecule has 126 valence electrons. The maximum atomic E-state index is 11.0. The molecule has 0 saturated carbocycles. The number of hydrogen-bond acceptors (Lipinski definition) is 6. The topological polar surface area (TPSA) is 113 Å². The first-order valence-corrected chi connectivity index (χ1v) is 7.40. The van der Waals surface area contributed by atoms with Gasteiger partial charge in [-0.25, -0.2) is 0 Å². The van der Waals surface area contributed by atoms with Gasteiger partial charge in [0.15, 0.2) is 9.39 Å². The van der Waals surface area contributed by atoms with Crippen LogP contribution in [0.15, 0.2) is 18.2 Å². The second kappa shape index (κ2) is 7.48. The molecule has 0 amide bonds. The minimum atomic E-state index is -1.89. The van der Waals surface area contributed by atoms with Crippen LogP contribution in [0.5, 0.6) is 0 Å². The van der Waals surface area contributed by atoms with E-state index < -0.39 is 42.9 Å². The van der Waals surface area contributed by atoms with Crippen LogP contribution in [0.4, 0.5) is 11.4 Å². The summed E-state index contributed by atoms with van der Waals surface area (Å²) in [6.45, 7) is 0.0477. The molecule has 1 rings (SSSR count). The van der Waals surface area contributed by atoms with E-state index in [1.165, 1.54) is 0 Å². The second-order valence-corrected chi connectivity index (χ2v) is 7.13. The van der Waals surface area contributed by atoms with Crippen LogP contribution in [0.25, 0.3) is 0 Å². The fourth-order valence-corrected chi connectivity index (χ4v) is 2.85. The van der Waals surface area contributed by atoms with Gasteiger partial charge in [0.25, 0.3) is 6.47 Å². The quantitative estimate of drug-likeness (QED) is 0.294. The summed E-state index contributed by atoms with van der Waals surface area (Å²) >= 11 is 22.9. The van der Waals surface area contributed by atoms with Crippen LogP contribution in [0.1, 0.15) is 12.0 Å². The molecule has 1 unspecified atom stereocenters. The molecule has 8 nitrogen and oxygen atoms in total. The Hall–Kier alpha value is -1.35. The lowest BCUT2D eigenvalue weighted by Crippen LogP contribution is -2.36. The molecule has 1 atom stereocenters. The van der Waals surface area contributed by atoms with Crippen LogP contribution < -0.4 is 0 Å². The van der Waals surface area contributed by atoms with E-state index in [-0.39, 0.29) is 12.0 Å². The Morgan fingerprint density at radius 2 is 1.70 bits per heavy atom. The molecule has 0 fully saturated rings. The van der Waals surface area contributed by atoms with Gasteiger partial charge in [-0.1, -0.05) is 34.8 Å². The molecule has 0 aliphatic rings. The number of carbonyl (C=O) groups is 1. The fraction of sp³-hybridized carbons (Fsp3) is 0.364. The smallest absolute Gasteiger partial charge is 0.346 e. The summed E-state index contributed by atoms with van der Waals surface area (Å²) in [5.41, 5.74) is -3.25. The summed E-state index contributed by atoms with van der Waals surface area (Å²) in [6, 6.07) is 2.90. The van der Waals surface area contributed by atoms with Crippen molar-refractivity contribution in [3.05, 3.63) is 44.0 Å². The number of benzene rings is 1. The molecule has 1 aromatic rings. The van der Waals surface area contributed by atoms with Crippen molar-refractivity contribution in [1.82, 2.24) is 0 Å². The highest BCUT2D eigenvalue weighted by molar-refractivity contribution is 6.67. The van der Waals surface area contributed by atoms with Crippen LogP contribution in [-0.4, -0.2) is 26.0 Å². The second-order valence-electron chi connectivity index (χ2n) is 4.35. The first kappa shape index (κ1) is 19.7. The van der Waals surface area contributed by atoms with E-state index in [0.29, 0.717) is 0 Å². The molecule has 0 spiro atoms. The molecule has 0 N–H and O–H groups in total. The highest BCUT2D eigenvalue weighted by atomic mass is 35.6. The summed E-state index contributed by atoms with van der Waals surface area (Å²) in [5, 5.41) is 21.9. The highest BCUT2D eigenvalue weighted by Crippen LogP contribution is 2.44. The summed E-state index contributed by atoms with van der Waals surface area (Å²) in [7, 11) is 0. The average molecular weight is 406 g/mol. The molecule has 23 heavy (non-hydrogen) atoms. The number of hydrogen-bond donors (Lipinski definition) is 0. The lowest BCUT2D eigenvalue weighted by Gasteiger charge is -2.32. The molecule has 0 aromatic heterocycles. The lowest BCUT2D eigenvalue weighted by molar-refractivity contribution is -0.422. The van der Waals surface area contributed by atoms with Gasteiger partial charge in [0.05, 0.1) is 15.7 Å². The van der Waals surface area contributed by atoms with Gasteiger partial charge < -0.3 is 4.74 Å². The van der Waals surface area contributed by atoms with Gasteiger partial charge in [0, 0.05) is 24.1 Å². The zero-order chi connectivity index (χ0) is 17.8. The first-order chi connectivity index (χ1) is 10.6. The average Bonchev–Trinajstić information content (AvgIpc) is 2.44. The molecule has 0 bridgehead atoms. The third-order valence-electron chi connectivity index (χ3n) is 2.87. The predicted octanol–water partition coefficient (Wildman–Crippen LogP) is 3.87. The van der Waals surface area contributed by atoms with Crippen LogP contribution in [0.2, 0.25) is 0 Å². The Bertz CT molecular complexity index is 635. The van der Waals surface area contributed by atoms with Crippen molar-refractivity contribution in [3.63, 3.8) is 0 Å². The normalized spacial score (nSPS) is 13.9. The molecule has 12 heteroatoms. The largest absolute Gasteiger partial charge is 0.455 e. The van der Waals surface area contributed by atoms with E-state index in [4.69, 9.17) is 51.1 Å². The Morgan fingerprint density at radius 1 is 1.13 bits per heavy atom. The molecule has 0 aliphatic heterocycles. The van der Waals surface area contributed by atoms with E-state index in [1.807, 2.05) is 0 Å². The molecule has 0 aliphatic carbocycles. The lowest BCUT2D eigenvalue weighted by atomic mass is 9.91. The van der Waals surface area contributed by atoms with Crippen molar-refractivity contribution in [2.24, 2.45) is 0 Å². The molecule has 1 aromatic carbocycles. The van der Waals surface area contributed by atoms with E-state index in [1.54, 1.807) is 0 Å². The van der Waals surface area contributed by atoms with Crippen molar-refractivity contribution in [3.8, 4) is 0 Å². The van der Waals surface area contributed by atoms with Gasteiger partial charge in [-0.05, 0) is 6.07 Å². The van der Waals surface area contributed by atoms with E-state index in [0.717, 1.165) is 18.2 Å². The van der Waals surface area contributed by atoms with Crippen molar-refractivity contribution in [1.29, 1.82) is 0 Å². The van der Waals surface area contributed by atoms with Crippen LogP contribution in [0, 0.1) is 20.2 Å². The zero-order valence-electron chi connectivity index (χ0n) is 11.1. The van der Waals surface area contributed by atoms with Crippen LogP contribution in [0.3, 0.4) is 0 Å². The number of alkyl halides is 4. The SMILES string of the molecule is O=COC(CCl)(CC(Cl)(Cl)Cl)c1ccc([N+](=O)[O-])c([N+](=O)[O-])c1. The monoisotopic (exact) mass is 404 g/mol. The third-order valence-corrected chi connectivity index (χ3v) is 3.70. The summed E-state index contributed by atoms with van der Waals surface area (Å²) in [5.74, 6) is -0.394. The van der Waals surface area contributed by atoms with Crippen LogP contribution in [-0.2, 0) is 15.1 Å². The molecular formula is C11H8Cl4N2O6. The Balaban J connectivity index is 3.53. The standard InChI is InChI=1S/C11H8Cl4N2O6/c12-5-10(23-6-18,4-11(13,14)15)7-1-2-8(16(19)20)9(3-7)17(21)22/h1-3,6H,4-5H2. The predicted molar refractivity (Wildman–Crippen MR) is 84.2 cm³/mol. The van der Waals surface area contributed by atoms with Crippen molar-refractivity contribution >= 4 is 64.3 Å². The summed E-state index contributed by atoms with van der Waals surface area (Å²) in [4.78, 5) is 30.8. The zero-order valence-corrected chi connectivity index (χ0v) is 14.1. The van der Waals surface area contributed by atoms with Gasteiger partial charge in [0.2, 0.25) is 0 Å². The Labute approximate surface area is 149 Å². The Morgan fingerprint density at radius 3 is 2.09 bits per heavy atom. The van der Waals surface area contributed by atoms with Crippen molar-refractivity contribution in [2.75, 3.05) is 5.88 Å². The molecule has 0 radical (unpaired) electrons. The number of halogens is 4. The van der Waals surface area contributed by atoms with E-state index >= 15 is 0 Å². The Kier molecular flexibility index (Phi) is 6.41. The van der Waals surface area contributed by atoms with Crippen LogP contribution >= 0.6 is 46.4 Å². The number of rotatable bonds is 7. The number of nitrogens with zero attached hydrogens (tertiary/aromatic N) is 2. The van der Waals surface area contributed by atoms with Crippen molar-refractivity contribution in [2.45, 2.75) is 15.8 Å². The highest BCUT2D eigenvalue weighted by Gasteiger charge is 2.43. The number of nitro benzene ring substituents is 2. The van der Waals surface area contributed by atoms with E-state index in [2.05, 4.69) is 0 Å². The molecule has 0 saturated heterocycles. The maximum Gasteiger partial charge on any atom is 0.346 e. The van der Waals surface area contributed by atoms with Crippen molar-refractivity contribution < 1.29 is 19.4 Å². The van der Waals surface area contributed by atoms with Gasteiger partial charge in [-0.2, -0.15) is 0 Å². The number of ether oxygens (including phenoxy) is 1. The minimum absolute atomic E-state index is 0.0109. The van der Waals surface area contributed by atoms with Gasteiger partial charge >= 0.3 is 11.4 Å². The number of carbonyl (C=O) groups excluding carboxylic acids is 1. The summed E-state index contributed by atoms with van der Waals surface area (Å²) < 4.78 is 3.02. The summed E-state index contributed by atoms with van der Waals surface area (Å²) in [6.07, 6.45) is -0.415. The van der Waals surface area contributed by atoms with Gasteiger partial charge in [-0.3, -0.25) is 25.0 Å².